The highest BCUT2D eigenvalue weighted by molar-refractivity contribution is 6.09. The molecule has 5 aromatic rings. The minimum Gasteiger partial charge on any atom is -0.341 e. The van der Waals surface area contributed by atoms with Crippen LogP contribution < -0.4 is 5.43 Å². The molecule has 0 aliphatic carbocycles. The van der Waals surface area contributed by atoms with Gasteiger partial charge in [0.25, 0.3) is 5.91 Å². The maximum atomic E-state index is 12.4. The van der Waals surface area contributed by atoms with E-state index in [-0.39, 0.29) is 5.91 Å². The Hall–Kier alpha value is -4.19. The molecule has 1 amide bonds. The Kier molecular flexibility index (Phi) is 4.80. The summed E-state index contributed by atoms with van der Waals surface area (Å²) in [5, 5.41) is 13.5. The molecule has 3 aromatic carbocycles. The van der Waals surface area contributed by atoms with Gasteiger partial charge in [-0.3, -0.25) is 9.89 Å². The van der Waals surface area contributed by atoms with Gasteiger partial charge in [-0.2, -0.15) is 10.2 Å². The van der Waals surface area contributed by atoms with Crippen molar-refractivity contribution < 1.29 is 4.79 Å². The molecule has 0 saturated carbocycles. The van der Waals surface area contributed by atoms with E-state index in [2.05, 4.69) is 68.6 Å². The Balaban J connectivity index is 1.35. The van der Waals surface area contributed by atoms with E-state index in [1.54, 1.807) is 12.3 Å². The van der Waals surface area contributed by atoms with Crippen molar-refractivity contribution in [3.63, 3.8) is 0 Å². The molecule has 0 aliphatic rings. The van der Waals surface area contributed by atoms with Crippen LogP contribution in [0.25, 0.3) is 33.1 Å². The highest BCUT2D eigenvalue weighted by Crippen LogP contribution is 2.29. The molecular weight excluding hydrogens is 386 g/mol. The van der Waals surface area contributed by atoms with Gasteiger partial charge < -0.3 is 4.57 Å². The van der Waals surface area contributed by atoms with E-state index in [9.17, 15) is 4.79 Å². The van der Waals surface area contributed by atoms with E-state index >= 15 is 0 Å². The van der Waals surface area contributed by atoms with Gasteiger partial charge in [0.15, 0.2) is 0 Å². The first-order chi connectivity index (χ1) is 15.2. The van der Waals surface area contributed by atoms with Gasteiger partial charge in [0.05, 0.1) is 11.9 Å². The van der Waals surface area contributed by atoms with Crippen LogP contribution in [0.4, 0.5) is 0 Å². The van der Waals surface area contributed by atoms with Crippen LogP contribution in [0.15, 0.2) is 84.0 Å². The molecule has 0 aliphatic heterocycles. The molecule has 0 unspecified atom stereocenters. The van der Waals surface area contributed by atoms with Gasteiger partial charge in [0.1, 0.15) is 5.69 Å². The lowest BCUT2D eigenvalue weighted by atomic mass is 10.1. The number of carbonyl (C=O) groups excluding carboxylic acids is 1. The molecule has 0 spiro atoms. The fourth-order valence-corrected chi connectivity index (χ4v) is 3.91. The number of benzene rings is 3. The third kappa shape index (κ3) is 3.48. The number of hydrogen-bond donors (Lipinski definition) is 2. The second-order valence-electron chi connectivity index (χ2n) is 7.27. The topological polar surface area (TPSA) is 75.1 Å². The van der Waals surface area contributed by atoms with Crippen LogP contribution in [-0.2, 0) is 6.54 Å². The summed E-state index contributed by atoms with van der Waals surface area (Å²) in [4.78, 5) is 12.4. The highest BCUT2D eigenvalue weighted by atomic mass is 16.2. The summed E-state index contributed by atoms with van der Waals surface area (Å²) in [6, 6.07) is 26.0. The number of nitrogens with one attached hydrogen (secondary N) is 2. The zero-order valence-electron chi connectivity index (χ0n) is 17.0. The molecule has 31 heavy (non-hydrogen) atoms. The molecule has 6 heteroatoms. The number of nitrogens with zero attached hydrogens (tertiary/aromatic N) is 3. The minimum absolute atomic E-state index is 0.338. The van der Waals surface area contributed by atoms with Gasteiger partial charge in [0, 0.05) is 33.9 Å². The molecule has 0 bridgehead atoms. The number of H-pyrrole nitrogens is 1. The Morgan fingerprint density at radius 2 is 1.77 bits per heavy atom. The Morgan fingerprint density at radius 3 is 2.61 bits per heavy atom. The van der Waals surface area contributed by atoms with Gasteiger partial charge in [0.2, 0.25) is 0 Å². The van der Waals surface area contributed by atoms with Gasteiger partial charge in [-0.15, -0.1) is 0 Å². The molecule has 2 heterocycles. The van der Waals surface area contributed by atoms with Crippen molar-refractivity contribution in [1.82, 2.24) is 20.2 Å². The molecule has 0 atom stereocenters. The third-order valence-electron chi connectivity index (χ3n) is 5.38. The highest BCUT2D eigenvalue weighted by Gasteiger charge is 2.11. The zero-order chi connectivity index (χ0) is 21.2. The van der Waals surface area contributed by atoms with Gasteiger partial charge in [-0.05, 0) is 36.8 Å². The first-order valence-electron chi connectivity index (χ1n) is 10.2. The lowest BCUT2D eigenvalue weighted by Crippen LogP contribution is -2.17. The van der Waals surface area contributed by atoms with Crippen LogP contribution >= 0.6 is 0 Å². The van der Waals surface area contributed by atoms with E-state index in [1.165, 1.54) is 21.8 Å². The number of hydrazone groups is 1. The number of carbonyl (C=O) groups is 1. The van der Waals surface area contributed by atoms with E-state index in [1.807, 2.05) is 36.4 Å². The largest absolute Gasteiger partial charge is 0.341 e. The average Bonchev–Trinajstić information content (AvgIpc) is 3.43. The summed E-state index contributed by atoms with van der Waals surface area (Å²) >= 11 is 0. The summed E-state index contributed by atoms with van der Waals surface area (Å²) < 4.78 is 2.30. The standard InChI is InChI=1S/C25H21N5O/c1-2-30-23-11-7-6-10-19(23)20-14-17(12-13-24(20)30)16-26-29-25(31)22-15-21(27-28-22)18-8-4-3-5-9-18/h3-16H,2H2,1H3,(H,27,28)(H,29,31)/b26-16-. The van der Waals surface area contributed by atoms with Crippen LogP contribution in [0.3, 0.4) is 0 Å². The molecule has 0 saturated heterocycles. The van der Waals surface area contributed by atoms with Crippen LogP contribution in [0.5, 0.6) is 0 Å². The average molecular weight is 407 g/mol. The Morgan fingerprint density at radius 1 is 1.00 bits per heavy atom. The fraction of sp³-hybridized carbons (Fsp3) is 0.0800. The van der Waals surface area contributed by atoms with Crippen molar-refractivity contribution in [3.05, 3.63) is 90.1 Å². The quantitative estimate of drug-likeness (QED) is 0.319. The van der Waals surface area contributed by atoms with Crippen LogP contribution in [0.2, 0.25) is 0 Å². The van der Waals surface area contributed by atoms with Gasteiger partial charge in [-0.25, -0.2) is 5.43 Å². The lowest BCUT2D eigenvalue weighted by molar-refractivity contribution is 0.0950. The van der Waals surface area contributed by atoms with Crippen LogP contribution in [-0.4, -0.2) is 26.9 Å². The summed E-state index contributed by atoms with van der Waals surface area (Å²) in [5.41, 5.74) is 7.91. The fourth-order valence-electron chi connectivity index (χ4n) is 3.91. The molecule has 152 valence electrons. The van der Waals surface area contributed by atoms with Crippen LogP contribution in [0.1, 0.15) is 23.0 Å². The second-order valence-corrected chi connectivity index (χ2v) is 7.27. The predicted molar refractivity (Wildman–Crippen MR) is 124 cm³/mol. The molecule has 0 radical (unpaired) electrons. The zero-order valence-corrected chi connectivity index (χ0v) is 17.0. The normalized spacial score (nSPS) is 11.5. The maximum Gasteiger partial charge on any atom is 0.289 e. The predicted octanol–water partition coefficient (Wildman–Crippen LogP) is 4.97. The van der Waals surface area contributed by atoms with Crippen LogP contribution in [0, 0.1) is 0 Å². The number of amides is 1. The summed E-state index contributed by atoms with van der Waals surface area (Å²) in [5.74, 6) is -0.338. The summed E-state index contributed by atoms with van der Waals surface area (Å²) in [6.07, 6.45) is 1.66. The Labute approximate surface area is 179 Å². The molecule has 2 aromatic heterocycles. The van der Waals surface area contributed by atoms with Crippen molar-refractivity contribution in [2.24, 2.45) is 5.10 Å². The number of aromatic nitrogens is 3. The number of para-hydroxylation sites is 1. The number of aromatic amines is 1. The maximum absolute atomic E-state index is 12.4. The SMILES string of the molecule is CCn1c2ccccc2c2cc(/C=N\NC(=O)c3cc(-c4ccccc4)n[nH]3)ccc21. The van der Waals surface area contributed by atoms with E-state index in [4.69, 9.17) is 0 Å². The molecule has 5 rings (SSSR count). The summed E-state index contributed by atoms with van der Waals surface area (Å²) in [7, 11) is 0. The second kappa shape index (κ2) is 7.91. The molecule has 0 fully saturated rings. The van der Waals surface area contributed by atoms with E-state index < -0.39 is 0 Å². The van der Waals surface area contributed by atoms with E-state index in [0.29, 0.717) is 11.4 Å². The number of aryl methyl sites for hydroxylation is 1. The third-order valence-corrected chi connectivity index (χ3v) is 5.38. The van der Waals surface area contributed by atoms with Crippen molar-refractivity contribution in [3.8, 4) is 11.3 Å². The number of hydrogen-bond acceptors (Lipinski definition) is 3. The molecule has 6 nitrogen and oxygen atoms in total. The first kappa shape index (κ1) is 18.8. The number of fused-ring (bicyclic) bond motifs is 3. The minimum atomic E-state index is -0.338. The first-order valence-corrected chi connectivity index (χ1v) is 10.2. The number of rotatable bonds is 5. The van der Waals surface area contributed by atoms with Crippen molar-refractivity contribution in [1.29, 1.82) is 0 Å². The smallest absolute Gasteiger partial charge is 0.289 e. The lowest BCUT2D eigenvalue weighted by Gasteiger charge is -2.02. The molecule has 2 N–H and O–H groups in total. The van der Waals surface area contributed by atoms with E-state index in [0.717, 1.165) is 17.7 Å². The molecular formula is C25H21N5O. The summed E-state index contributed by atoms with van der Waals surface area (Å²) in [6.45, 7) is 3.05. The van der Waals surface area contributed by atoms with Crippen molar-refractivity contribution in [2.45, 2.75) is 13.5 Å². The van der Waals surface area contributed by atoms with Crippen molar-refractivity contribution >= 4 is 33.9 Å². The Bertz CT molecular complexity index is 1410. The van der Waals surface area contributed by atoms with Gasteiger partial charge in [-0.1, -0.05) is 54.6 Å². The van der Waals surface area contributed by atoms with Crippen molar-refractivity contribution in [2.75, 3.05) is 0 Å². The monoisotopic (exact) mass is 407 g/mol. The van der Waals surface area contributed by atoms with Gasteiger partial charge >= 0.3 is 0 Å².